The molecule has 1 aromatic heterocycles. The lowest BCUT2D eigenvalue weighted by atomic mass is 10.0. The van der Waals surface area contributed by atoms with E-state index in [0.29, 0.717) is 12.0 Å². The maximum Gasteiger partial charge on any atom is 0.137 e. The van der Waals surface area contributed by atoms with Crippen LogP contribution in [0.5, 0.6) is 0 Å². The molecule has 0 bridgehead atoms. The number of hydrogen-bond acceptors (Lipinski definition) is 3. The van der Waals surface area contributed by atoms with E-state index >= 15 is 0 Å². The van der Waals surface area contributed by atoms with Crippen molar-refractivity contribution >= 4 is 0 Å². The molecule has 4 nitrogen and oxygen atoms in total. The number of aryl methyl sites for hydroxylation is 1. The molecular formula is C11H20N4. The third-order valence-electron chi connectivity index (χ3n) is 3.31. The molecule has 1 aromatic rings. The third kappa shape index (κ3) is 1.78. The molecule has 0 amide bonds. The summed E-state index contributed by atoms with van der Waals surface area (Å²) < 4.78 is 2.22. The van der Waals surface area contributed by atoms with Crippen LogP contribution in [0.4, 0.5) is 0 Å². The first-order chi connectivity index (χ1) is 7.11. The average Bonchev–Trinajstić information content (AvgIpc) is 2.71. The van der Waals surface area contributed by atoms with E-state index in [9.17, 15) is 0 Å². The van der Waals surface area contributed by atoms with E-state index in [1.54, 1.807) is 0 Å². The summed E-state index contributed by atoms with van der Waals surface area (Å²) in [6.07, 6.45) is 3.50. The van der Waals surface area contributed by atoms with Gasteiger partial charge in [-0.2, -0.15) is 0 Å². The quantitative estimate of drug-likeness (QED) is 0.805. The maximum absolute atomic E-state index is 6.11. The minimum absolute atomic E-state index is 0.270. The van der Waals surface area contributed by atoms with Crippen LogP contribution in [-0.4, -0.2) is 20.8 Å². The number of nitrogens with zero attached hydrogens (tertiary/aromatic N) is 3. The van der Waals surface area contributed by atoms with Gasteiger partial charge in [0.2, 0.25) is 0 Å². The van der Waals surface area contributed by atoms with E-state index in [4.69, 9.17) is 5.73 Å². The lowest BCUT2D eigenvalue weighted by molar-refractivity contribution is 0.495. The summed E-state index contributed by atoms with van der Waals surface area (Å²) in [5.74, 6) is 2.50. The van der Waals surface area contributed by atoms with Crippen LogP contribution in [-0.2, 0) is 0 Å². The third-order valence-corrected chi connectivity index (χ3v) is 3.31. The summed E-state index contributed by atoms with van der Waals surface area (Å²) >= 11 is 0. The average molecular weight is 208 g/mol. The molecule has 2 rings (SSSR count). The highest BCUT2D eigenvalue weighted by atomic mass is 15.3. The Morgan fingerprint density at radius 2 is 2.07 bits per heavy atom. The lowest BCUT2D eigenvalue weighted by Crippen LogP contribution is -2.26. The van der Waals surface area contributed by atoms with Crippen molar-refractivity contribution in [2.75, 3.05) is 0 Å². The lowest BCUT2D eigenvalue weighted by Gasteiger charge is -2.19. The Kier molecular flexibility index (Phi) is 2.78. The van der Waals surface area contributed by atoms with Crippen molar-refractivity contribution in [3.63, 3.8) is 0 Å². The van der Waals surface area contributed by atoms with Gasteiger partial charge in [-0.1, -0.05) is 6.42 Å². The first kappa shape index (κ1) is 10.6. The Balaban J connectivity index is 2.35. The van der Waals surface area contributed by atoms with E-state index in [1.165, 1.54) is 6.42 Å². The Hall–Kier alpha value is -0.900. The molecule has 2 unspecified atom stereocenters. The van der Waals surface area contributed by atoms with Gasteiger partial charge < -0.3 is 10.3 Å². The molecule has 2 N–H and O–H groups in total. The minimum Gasteiger partial charge on any atom is -0.327 e. The normalized spacial score (nSPS) is 26.5. The monoisotopic (exact) mass is 208 g/mol. The zero-order chi connectivity index (χ0) is 11.0. The first-order valence-electron chi connectivity index (χ1n) is 5.78. The predicted molar refractivity (Wildman–Crippen MR) is 59.7 cm³/mol. The molecule has 1 heterocycles. The second-order valence-corrected chi connectivity index (χ2v) is 4.77. The van der Waals surface area contributed by atoms with Crippen molar-refractivity contribution < 1.29 is 0 Å². The summed E-state index contributed by atoms with van der Waals surface area (Å²) in [5, 5.41) is 8.48. The second kappa shape index (κ2) is 3.93. The minimum atomic E-state index is 0.270. The molecule has 0 spiro atoms. The molecular weight excluding hydrogens is 188 g/mol. The standard InChI is InChI=1S/C11H20N4/c1-7(2)15-8(3)13-14-11(15)9-5-4-6-10(9)12/h7,9-10H,4-6,12H2,1-3H3. The van der Waals surface area contributed by atoms with Crippen molar-refractivity contribution in [1.29, 1.82) is 0 Å². The van der Waals surface area contributed by atoms with Gasteiger partial charge in [-0.25, -0.2) is 0 Å². The molecule has 0 saturated heterocycles. The van der Waals surface area contributed by atoms with E-state index in [2.05, 4.69) is 28.6 Å². The Morgan fingerprint density at radius 1 is 1.33 bits per heavy atom. The topological polar surface area (TPSA) is 56.7 Å². The van der Waals surface area contributed by atoms with E-state index in [-0.39, 0.29) is 6.04 Å². The van der Waals surface area contributed by atoms with Gasteiger partial charge in [0.05, 0.1) is 0 Å². The molecule has 1 fully saturated rings. The summed E-state index contributed by atoms with van der Waals surface area (Å²) in [6, 6.07) is 0.689. The summed E-state index contributed by atoms with van der Waals surface area (Å²) in [6.45, 7) is 6.34. The predicted octanol–water partition coefficient (Wildman–Crippen LogP) is 1.76. The van der Waals surface area contributed by atoms with Crippen LogP contribution in [0.25, 0.3) is 0 Å². The maximum atomic E-state index is 6.11. The highest BCUT2D eigenvalue weighted by Gasteiger charge is 2.30. The zero-order valence-corrected chi connectivity index (χ0v) is 9.77. The fourth-order valence-electron chi connectivity index (χ4n) is 2.59. The largest absolute Gasteiger partial charge is 0.327 e. The highest BCUT2D eigenvalue weighted by molar-refractivity contribution is 5.08. The fraction of sp³-hybridized carbons (Fsp3) is 0.818. The van der Waals surface area contributed by atoms with Crippen LogP contribution < -0.4 is 5.73 Å². The molecule has 15 heavy (non-hydrogen) atoms. The van der Waals surface area contributed by atoms with E-state index in [1.807, 2.05) is 6.92 Å². The smallest absolute Gasteiger partial charge is 0.137 e. The molecule has 0 radical (unpaired) electrons. The van der Waals surface area contributed by atoms with Crippen LogP contribution in [0.15, 0.2) is 0 Å². The van der Waals surface area contributed by atoms with Crippen LogP contribution in [0.1, 0.15) is 56.7 Å². The Morgan fingerprint density at radius 3 is 2.60 bits per heavy atom. The Labute approximate surface area is 90.9 Å². The number of hydrogen-bond donors (Lipinski definition) is 1. The number of aromatic nitrogens is 3. The number of rotatable bonds is 2. The highest BCUT2D eigenvalue weighted by Crippen LogP contribution is 2.33. The SMILES string of the molecule is Cc1nnc(C2CCCC2N)n1C(C)C. The van der Waals surface area contributed by atoms with Crippen LogP contribution in [0.2, 0.25) is 0 Å². The van der Waals surface area contributed by atoms with Gasteiger partial charge in [0, 0.05) is 18.0 Å². The zero-order valence-electron chi connectivity index (χ0n) is 9.77. The second-order valence-electron chi connectivity index (χ2n) is 4.77. The van der Waals surface area contributed by atoms with E-state index < -0.39 is 0 Å². The van der Waals surface area contributed by atoms with Crippen molar-refractivity contribution in [3.05, 3.63) is 11.6 Å². The summed E-state index contributed by atoms with van der Waals surface area (Å²) in [4.78, 5) is 0. The summed E-state index contributed by atoms with van der Waals surface area (Å²) in [5.41, 5.74) is 6.11. The molecule has 4 heteroatoms. The van der Waals surface area contributed by atoms with Gasteiger partial charge in [-0.3, -0.25) is 0 Å². The van der Waals surface area contributed by atoms with Gasteiger partial charge in [-0.05, 0) is 33.6 Å². The van der Waals surface area contributed by atoms with Crippen LogP contribution in [0, 0.1) is 6.92 Å². The summed E-state index contributed by atoms with van der Waals surface area (Å²) in [7, 11) is 0. The molecule has 84 valence electrons. The van der Waals surface area contributed by atoms with Gasteiger partial charge in [0.1, 0.15) is 11.6 Å². The van der Waals surface area contributed by atoms with Crippen LogP contribution in [0.3, 0.4) is 0 Å². The van der Waals surface area contributed by atoms with Crippen molar-refractivity contribution in [2.24, 2.45) is 5.73 Å². The first-order valence-corrected chi connectivity index (χ1v) is 5.78. The van der Waals surface area contributed by atoms with Gasteiger partial charge in [-0.15, -0.1) is 10.2 Å². The van der Waals surface area contributed by atoms with Gasteiger partial charge in [0.25, 0.3) is 0 Å². The number of nitrogens with two attached hydrogens (primary N) is 1. The Bertz CT molecular complexity index is 342. The molecule has 2 atom stereocenters. The molecule has 1 aliphatic rings. The van der Waals surface area contributed by atoms with Gasteiger partial charge in [0.15, 0.2) is 0 Å². The van der Waals surface area contributed by atoms with E-state index in [0.717, 1.165) is 24.5 Å². The van der Waals surface area contributed by atoms with Crippen molar-refractivity contribution in [2.45, 2.75) is 58.0 Å². The van der Waals surface area contributed by atoms with Crippen LogP contribution >= 0.6 is 0 Å². The van der Waals surface area contributed by atoms with Gasteiger partial charge >= 0.3 is 0 Å². The molecule has 0 aliphatic heterocycles. The van der Waals surface area contributed by atoms with Crippen molar-refractivity contribution in [1.82, 2.24) is 14.8 Å². The molecule has 1 saturated carbocycles. The molecule has 1 aliphatic carbocycles. The van der Waals surface area contributed by atoms with Crippen molar-refractivity contribution in [3.8, 4) is 0 Å². The molecule has 0 aromatic carbocycles. The fourth-order valence-corrected chi connectivity index (χ4v) is 2.59.